The van der Waals surface area contributed by atoms with Crippen LogP contribution in [0.4, 0.5) is 0 Å². The maximum atomic E-state index is 2.52. The maximum absolute atomic E-state index is 2.52. The topological polar surface area (TPSA) is 9.86 Å². The number of allylic oxidation sites excluding steroid dienone is 3. The lowest BCUT2D eigenvalue weighted by atomic mass is 9.74. The molecule has 0 amide bonds. The van der Waals surface area contributed by atoms with Gasteiger partial charge in [-0.1, -0.05) is 159 Å². The molecule has 8 aromatic carbocycles. The van der Waals surface area contributed by atoms with Crippen molar-refractivity contribution in [2.75, 3.05) is 0 Å². The summed E-state index contributed by atoms with van der Waals surface area (Å²) in [4.78, 5) is 0. The number of aryl methyl sites for hydroxylation is 2. The van der Waals surface area contributed by atoms with Crippen molar-refractivity contribution in [2.24, 2.45) is 0 Å². The molecule has 68 heavy (non-hydrogen) atoms. The molecule has 0 bridgehead atoms. The van der Waals surface area contributed by atoms with Gasteiger partial charge in [-0.3, -0.25) is 0 Å². The molecule has 3 atom stereocenters. The van der Waals surface area contributed by atoms with E-state index < -0.39 is 0 Å². The van der Waals surface area contributed by atoms with Crippen molar-refractivity contribution in [3.8, 4) is 44.8 Å². The average molecular weight is 875 g/mol. The van der Waals surface area contributed by atoms with Gasteiger partial charge in [0.1, 0.15) is 0 Å². The van der Waals surface area contributed by atoms with Gasteiger partial charge in [0.05, 0.1) is 11.0 Å². The second-order valence-electron chi connectivity index (χ2n) is 19.7. The van der Waals surface area contributed by atoms with Gasteiger partial charge in [-0.2, -0.15) is 0 Å². The molecule has 2 heterocycles. The van der Waals surface area contributed by atoms with Crippen molar-refractivity contribution in [3.05, 3.63) is 232 Å². The zero-order valence-electron chi connectivity index (χ0n) is 39.3. The number of hydrogen-bond donors (Lipinski definition) is 0. The summed E-state index contributed by atoms with van der Waals surface area (Å²) in [7, 11) is 0. The van der Waals surface area contributed by atoms with Crippen molar-refractivity contribution < 1.29 is 0 Å². The number of rotatable bonds is 6. The molecule has 0 saturated heterocycles. The van der Waals surface area contributed by atoms with E-state index in [0.717, 1.165) is 19.3 Å². The SMILES string of the molecule is Cc1cccc(-n2c3c(c4c2C=CC(c2ccc(-c5c6c(c(-c7ccc(-c8ccc9c(c8)c8ccccc8n9-c8cccc(C)c8)cc7)c7ccccc57)C=CCC6)cc2)C4C)C(C)CC=C3)c1. The van der Waals surface area contributed by atoms with Gasteiger partial charge >= 0.3 is 0 Å². The summed E-state index contributed by atoms with van der Waals surface area (Å²) in [5.41, 5.74) is 25.1. The first-order chi connectivity index (χ1) is 33.4. The fourth-order valence-corrected chi connectivity index (χ4v) is 12.4. The van der Waals surface area contributed by atoms with Crippen molar-refractivity contribution >= 4 is 50.8 Å². The van der Waals surface area contributed by atoms with Crippen LogP contribution < -0.4 is 0 Å². The van der Waals surface area contributed by atoms with Crippen LogP contribution in [0, 0.1) is 13.8 Å². The van der Waals surface area contributed by atoms with Crippen molar-refractivity contribution in [1.29, 1.82) is 0 Å². The highest BCUT2D eigenvalue weighted by Gasteiger charge is 2.34. The van der Waals surface area contributed by atoms with Crippen LogP contribution in [0.2, 0.25) is 0 Å². The maximum Gasteiger partial charge on any atom is 0.0541 e. The second-order valence-corrected chi connectivity index (χ2v) is 19.7. The Kier molecular flexibility index (Phi) is 9.54. The van der Waals surface area contributed by atoms with E-state index >= 15 is 0 Å². The molecule has 0 spiro atoms. The van der Waals surface area contributed by atoms with Crippen LogP contribution in [-0.2, 0) is 6.42 Å². The van der Waals surface area contributed by atoms with Crippen LogP contribution in [0.25, 0.3) is 95.6 Å². The van der Waals surface area contributed by atoms with Crippen molar-refractivity contribution in [1.82, 2.24) is 9.13 Å². The Bertz CT molecular complexity index is 3750. The molecule has 0 saturated carbocycles. The van der Waals surface area contributed by atoms with Gasteiger partial charge in [-0.25, -0.2) is 0 Å². The van der Waals surface area contributed by atoms with Gasteiger partial charge in [0.25, 0.3) is 0 Å². The van der Waals surface area contributed by atoms with Gasteiger partial charge in [-0.05, 0) is 183 Å². The quantitative estimate of drug-likeness (QED) is 0.158. The summed E-state index contributed by atoms with van der Waals surface area (Å²) < 4.78 is 4.92. The summed E-state index contributed by atoms with van der Waals surface area (Å²) in [5, 5.41) is 5.18. The first kappa shape index (κ1) is 40.6. The molecule has 3 aliphatic rings. The minimum Gasteiger partial charge on any atom is -0.310 e. The molecule has 3 unspecified atom stereocenters. The highest BCUT2D eigenvalue weighted by molar-refractivity contribution is 6.12. The summed E-state index contributed by atoms with van der Waals surface area (Å²) in [6, 6.07) is 61.7. The van der Waals surface area contributed by atoms with E-state index in [1.54, 1.807) is 0 Å². The lowest BCUT2D eigenvalue weighted by molar-refractivity contribution is 0.648. The molecule has 0 radical (unpaired) electrons. The lowest BCUT2D eigenvalue weighted by Gasteiger charge is -2.29. The third-order valence-electron chi connectivity index (χ3n) is 15.5. The molecule has 2 heteroatoms. The second kappa shape index (κ2) is 16.0. The Hall–Kier alpha value is -7.68. The van der Waals surface area contributed by atoms with Gasteiger partial charge in [-0.15, -0.1) is 0 Å². The third kappa shape index (κ3) is 6.38. The zero-order valence-corrected chi connectivity index (χ0v) is 39.3. The Balaban J connectivity index is 0.859. The predicted molar refractivity (Wildman–Crippen MR) is 289 cm³/mol. The van der Waals surface area contributed by atoms with E-state index in [-0.39, 0.29) is 0 Å². The molecule has 13 rings (SSSR count). The fourth-order valence-electron chi connectivity index (χ4n) is 12.4. The van der Waals surface area contributed by atoms with Gasteiger partial charge in [0.2, 0.25) is 0 Å². The van der Waals surface area contributed by atoms with E-state index in [0.29, 0.717) is 17.8 Å². The molecule has 328 valence electrons. The Morgan fingerprint density at radius 3 is 1.84 bits per heavy atom. The Morgan fingerprint density at radius 1 is 0.471 bits per heavy atom. The highest BCUT2D eigenvalue weighted by atomic mass is 15.0. The largest absolute Gasteiger partial charge is 0.310 e. The molecule has 2 aromatic heterocycles. The van der Waals surface area contributed by atoms with Gasteiger partial charge in [0, 0.05) is 39.5 Å². The summed E-state index contributed by atoms with van der Waals surface area (Å²) in [5.74, 6) is 1.14. The molecule has 10 aromatic rings. The normalized spacial score (nSPS) is 17.2. The Labute approximate surface area is 399 Å². The van der Waals surface area contributed by atoms with Gasteiger partial charge < -0.3 is 9.13 Å². The first-order valence-corrected chi connectivity index (χ1v) is 24.7. The van der Waals surface area contributed by atoms with Crippen LogP contribution in [0.3, 0.4) is 0 Å². The lowest BCUT2D eigenvalue weighted by Crippen LogP contribution is -2.13. The van der Waals surface area contributed by atoms with Crippen LogP contribution in [-0.4, -0.2) is 9.13 Å². The number of fused-ring (bicyclic) bond motifs is 8. The van der Waals surface area contributed by atoms with Crippen LogP contribution >= 0.6 is 0 Å². The molecule has 3 aliphatic carbocycles. The molecule has 2 nitrogen and oxygen atoms in total. The molecular formula is C66H54N2. The first-order valence-electron chi connectivity index (χ1n) is 24.7. The summed E-state index contributed by atoms with van der Waals surface area (Å²) >= 11 is 0. The van der Waals surface area contributed by atoms with Gasteiger partial charge in [0.15, 0.2) is 0 Å². The van der Waals surface area contributed by atoms with Crippen molar-refractivity contribution in [3.63, 3.8) is 0 Å². The van der Waals surface area contributed by atoms with Crippen LogP contribution in [0.5, 0.6) is 0 Å². The number of benzene rings is 8. The van der Waals surface area contributed by atoms with E-state index in [2.05, 4.69) is 237 Å². The molecule has 0 N–H and O–H groups in total. The smallest absolute Gasteiger partial charge is 0.0541 e. The number of nitrogens with zero attached hydrogens (tertiary/aromatic N) is 2. The molecular weight excluding hydrogens is 821 g/mol. The minimum absolute atomic E-state index is 0.298. The zero-order chi connectivity index (χ0) is 45.6. The van der Waals surface area contributed by atoms with Crippen molar-refractivity contribution in [2.45, 2.75) is 64.7 Å². The van der Waals surface area contributed by atoms with Crippen LogP contribution in [0.1, 0.15) is 94.8 Å². The molecule has 0 fully saturated rings. The van der Waals surface area contributed by atoms with E-state index in [1.807, 2.05) is 0 Å². The molecule has 0 aliphatic heterocycles. The fraction of sp³-hybridized carbons (Fsp3) is 0.152. The highest BCUT2D eigenvalue weighted by Crippen LogP contribution is 2.50. The van der Waals surface area contributed by atoms with E-state index in [1.165, 1.54) is 128 Å². The monoisotopic (exact) mass is 874 g/mol. The predicted octanol–water partition coefficient (Wildman–Crippen LogP) is 17.7. The number of para-hydroxylation sites is 1. The third-order valence-corrected chi connectivity index (χ3v) is 15.5. The average Bonchev–Trinajstić information content (AvgIpc) is 3.90. The van der Waals surface area contributed by atoms with E-state index in [9.17, 15) is 0 Å². The number of aromatic nitrogens is 2. The number of hydrogen-bond acceptors (Lipinski definition) is 0. The van der Waals surface area contributed by atoms with E-state index in [4.69, 9.17) is 0 Å². The minimum atomic E-state index is 0.298. The summed E-state index contributed by atoms with van der Waals surface area (Å²) in [6.45, 7) is 9.23. The Morgan fingerprint density at radius 2 is 1.09 bits per heavy atom. The standard InChI is InChI=1S/C66H54N2/c1-41-14-11-17-50(38-41)67-59-24-10-9-19-53(59)58-40-49(34-36-60(58)67)45-26-30-47(31-27-45)65-54-20-5-7-22-56(54)66(57-23-8-6-21-55(57)65)48-32-28-46(29-33-48)52-35-37-62-64(44(52)4)63-43(3)16-13-25-61(63)68(62)51-18-12-15-42(2)39-51/h5-7,9-15,17-22,24-40,43-44,52H,8,16,23H2,1-4H3. The van der Waals surface area contributed by atoms with Crippen LogP contribution in [0.15, 0.2) is 182 Å². The summed E-state index contributed by atoms with van der Waals surface area (Å²) in [6.07, 6.45) is 17.6.